The summed E-state index contributed by atoms with van der Waals surface area (Å²) in [6.07, 6.45) is 3.16. The van der Waals surface area contributed by atoms with E-state index in [1.165, 1.54) is 30.3 Å². The molecule has 128 valence electrons. The highest BCUT2D eigenvalue weighted by molar-refractivity contribution is 7.93. The Morgan fingerprint density at radius 1 is 1.12 bits per heavy atom. The van der Waals surface area contributed by atoms with Crippen molar-refractivity contribution in [3.8, 4) is 0 Å². The molecule has 0 atom stereocenters. The normalized spacial score (nSPS) is 11.2. The van der Waals surface area contributed by atoms with Gasteiger partial charge in [0, 0.05) is 28.9 Å². The lowest BCUT2D eigenvalue weighted by atomic mass is 10.2. The average molecular weight is 356 g/mol. The van der Waals surface area contributed by atoms with E-state index in [1.54, 1.807) is 37.5 Å². The predicted octanol–water partition coefficient (Wildman–Crippen LogP) is 3.21. The van der Waals surface area contributed by atoms with Gasteiger partial charge in [0.2, 0.25) is 0 Å². The number of aromatic nitrogens is 1. The van der Waals surface area contributed by atoms with Crippen LogP contribution in [0.2, 0.25) is 0 Å². The second-order valence-corrected chi connectivity index (χ2v) is 6.91. The summed E-state index contributed by atoms with van der Waals surface area (Å²) in [6.45, 7) is 2.00. The van der Waals surface area contributed by atoms with Gasteiger partial charge < -0.3 is 4.74 Å². The summed E-state index contributed by atoms with van der Waals surface area (Å²) in [5, 5.41) is 1.33. The van der Waals surface area contributed by atoms with Crippen LogP contribution in [0.15, 0.2) is 65.8 Å². The van der Waals surface area contributed by atoms with Crippen LogP contribution in [0.5, 0.6) is 0 Å². The summed E-state index contributed by atoms with van der Waals surface area (Å²) in [5.74, 6) is -0.446. The van der Waals surface area contributed by atoms with Crippen LogP contribution in [0.3, 0.4) is 0 Å². The summed E-state index contributed by atoms with van der Waals surface area (Å²) in [4.78, 5) is 15.8. The monoisotopic (exact) mass is 356 g/mol. The number of rotatable bonds is 5. The molecule has 0 aliphatic rings. The third-order valence-electron chi connectivity index (χ3n) is 3.58. The van der Waals surface area contributed by atoms with E-state index in [0.717, 1.165) is 5.39 Å². The van der Waals surface area contributed by atoms with Gasteiger partial charge in [-0.3, -0.25) is 9.71 Å². The van der Waals surface area contributed by atoms with Crippen molar-refractivity contribution in [3.05, 3.63) is 66.5 Å². The van der Waals surface area contributed by atoms with Crippen molar-refractivity contribution in [1.82, 2.24) is 4.98 Å². The van der Waals surface area contributed by atoms with Gasteiger partial charge in [-0.2, -0.15) is 0 Å². The Kier molecular flexibility index (Phi) is 4.67. The number of hydrogen-bond acceptors (Lipinski definition) is 5. The number of fused-ring (bicyclic) bond motifs is 1. The van der Waals surface area contributed by atoms with Gasteiger partial charge in [-0.25, -0.2) is 13.2 Å². The molecule has 2 aromatic carbocycles. The predicted molar refractivity (Wildman–Crippen MR) is 95.0 cm³/mol. The molecule has 1 heterocycles. The lowest BCUT2D eigenvalue weighted by Gasteiger charge is -2.11. The molecule has 0 saturated heterocycles. The number of carbonyl (C=O) groups is 1. The number of benzene rings is 2. The summed E-state index contributed by atoms with van der Waals surface area (Å²) < 4.78 is 32.9. The van der Waals surface area contributed by atoms with Crippen molar-refractivity contribution in [2.75, 3.05) is 11.3 Å². The molecule has 6 nitrogen and oxygen atoms in total. The molecular weight excluding hydrogens is 340 g/mol. The zero-order valence-electron chi connectivity index (χ0n) is 13.5. The van der Waals surface area contributed by atoms with Crippen LogP contribution in [0.1, 0.15) is 17.3 Å². The van der Waals surface area contributed by atoms with Crippen LogP contribution in [0.4, 0.5) is 5.69 Å². The molecule has 0 aliphatic heterocycles. The number of esters is 1. The Labute approximate surface area is 145 Å². The molecule has 0 spiro atoms. The number of pyridine rings is 1. The summed E-state index contributed by atoms with van der Waals surface area (Å²) in [7, 11) is -3.78. The Hall–Kier alpha value is -2.93. The SMILES string of the molecule is CCOC(=O)c1ccc(NS(=O)(=O)c2cccc3cnccc23)cc1. The van der Waals surface area contributed by atoms with Gasteiger partial charge in [-0.15, -0.1) is 0 Å². The van der Waals surface area contributed by atoms with E-state index in [1.807, 2.05) is 0 Å². The molecule has 0 aliphatic carbocycles. The third kappa shape index (κ3) is 3.61. The van der Waals surface area contributed by atoms with Crippen molar-refractivity contribution in [1.29, 1.82) is 0 Å². The summed E-state index contributed by atoms with van der Waals surface area (Å²) in [6, 6.07) is 12.8. The maximum atomic E-state index is 12.7. The molecule has 25 heavy (non-hydrogen) atoms. The highest BCUT2D eigenvalue weighted by atomic mass is 32.2. The topological polar surface area (TPSA) is 85.4 Å². The minimum atomic E-state index is -3.78. The quantitative estimate of drug-likeness (QED) is 0.710. The summed E-state index contributed by atoms with van der Waals surface area (Å²) >= 11 is 0. The van der Waals surface area contributed by atoms with E-state index in [9.17, 15) is 13.2 Å². The van der Waals surface area contributed by atoms with Gasteiger partial charge in [-0.1, -0.05) is 12.1 Å². The molecule has 0 fully saturated rings. The molecule has 0 radical (unpaired) electrons. The smallest absolute Gasteiger partial charge is 0.338 e. The molecule has 3 aromatic rings. The van der Waals surface area contributed by atoms with E-state index in [-0.39, 0.29) is 11.5 Å². The molecule has 0 bridgehead atoms. The molecule has 3 rings (SSSR count). The molecular formula is C18H16N2O4S. The number of nitrogens with zero attached hydrogens (tertiary/aromatic N) is 1. The fourth-order valence-electron chi connectivity index (χ4n) is 2.43. The Bertz CT molecular complexity index is 1010. The molecule has 0 saturated carbocycles. The highest BCUT2D eigenvalue weighted by Gasteiger charge is 2.17. The first-order valence-electron chi connectivity index (χ1n) is 7.64. The van der Waals surface area contributed by atoms with Crippen LogP contribution < -0.4 is 4.72 Å². The van der Waals surface area contributed by atoms with Crippen molar-refractivity contribution in [3.63, 3.8) is 0 Å². The number of anilines is 1. The minimum Gasteiger partial charge on any atom is -0.462 e. The molecule has 0 unspecified atom stereocenters. The number of ether oxygens (including phenoxy) is 1. The zero-order chi connectivity index (χ0) is 17.9. The standard InChI is InChI=1S/C18H16N2O4S/c1-2-24-18(21)13-6-8-15(9-7-13)20-25(22,23)17-5-3-4-14-12-19-11-10-16(14)17/h3-12,20H,2H2,1H3. The molecule has 7 heteroatoms. The molecule has 1 aromatic heterocycles. The van der Waals surface area contributed by atoms with E-state index in [2.05, 4.69) is 9.71 Å². The molecule has 1 N–H and O–H groups in total. The first-order valence-corrected chi connectivity index (χ1v) is 9.12. The van der Waals surface area contributed by atoms with Crippen molar-refractivity contribution in [2.24, 2.45) is 0 Å². The Morgan fingerprint density at radius 3 is 2.60 bits per heavy atom. The second-order valence-electron chi connectivity index (χ2n) is 5.26. The van der Waals surface area contributed by atoms with E-state index in [4.69, 9.17) is 4.74 Å². The largest absolute Gasteiger partial charge is 0.462 e. The van der Waals surface area contributed by atoms with E-state index < -0.39 is 16.0 Å². The van der Waals surface area contributed by atoms with Gasteiger partial charge in [0.15, 0.2) is 0 Å². The second kappa shape index (κ2) is 6.90. The van der Waals surface area contributed by atoms with Gasteiger partial charge >= 0.3 is 5.97 Å². The van der Waals surface area contributed by atoms with Gasteiger partial charge in [0.1, 0.15) is 0 Å². The maximum absolute atomic E-state index is 12.7. The third-order valence-corrected chi connectivity index (χ3v) is 5.02. The van der Waals surface area contributed by atoms with E-state index in [0.29, 0.717) is 16.6 Å². The fourth-order valence-corrected chi connectivity index (χ4v) is 3.72. The number of carbonyl (C=O) groups excluding carboxylic acids is 1. The lowest BCUT2D eigenvalue weighted by molar-refractivity contribution is 0.0526. The Morgan fingerprint density at radius 2 is 1.88 bits per heavy atom. The lowest BCUT2D eigenvalue weighted by Crippen LogP contribution is -2.13. The average Bonchev–Trinajstić information content (AvgIpc) is 2.61. The summed E-state index contributed by atoms with van der Waals surface area (Å²) in [5.41, 5.74) is 0.722. The molecule has 0 amide bonds. The van der Waals surface area contributed by atoms with E-state index >= 15 is 0 Å². The fraction of sp³-hybridized carbons (Fsp3) is 0.111. The Balaban J connectivity index is 1.90. The zero-order valence-corrected chi connectivity index (χ0v) is 14.3. The van der Waals surface area contributed by atoms with Crippen molar-refractivity contribution < 1.29 is 17.9 Å². The van der Waals surface area contributed by atoms with Gasteiger partial charge in [0.05, 0.1) is 17.1 Å². The van der Waals surface area contributed by atoms with Crippen LogP contribution in [0, 0.1) is 0 Å². The number of hydrogen-bond donors (Lipinski definition) is 1. The van der Waals surface area contributed by atoms with Crippen LogP contribution >= 0.6 is 0 Å². The van der Waals surface area contributed by atoms with Crippen LogP contribution in [-0.4, -0.2) is 26.0 Å². The first-order chi connectivity index (χ1) is 12.0. The number of nitrogens with one attached hydrogen (secondary N) is 1. The number of sulfonamides is 1. The minimum absolute atomic E-state index is 0.168. The first kappa shape index (κ1) is 16.9. The van der Waals surface area contributed by atoms with Crippen molar-refractivity contribution >= 4 is 32.5 Å². The van der Waals surface area contributed by atoms with Crippen LogP contribution in [0.25, 0.3) is 10.8 Å². The van der Waals surface area contributed by atoms with Gasteiger partial charge in [0.25, 0.3) is 10.0 Å². The highest BCUT2D eigenvalue weighted by Crippen LogP contribution is 2.24. The van der Waals surface area contributed by atoms with Crippen molar-refractivity contribution in [2.45, 2.75) is 11.8 Å². The maximum Gasteiger partial charge on any atom is 0.338 e. The van der Waals surface area contributed by atoms with Crippen LogP contribution in [-0.2, 0) is 14.8 Å². The van der Waals surface area contributed by atoms with Gasteiger partial charge in [-0.05, 0) is 43.3 Å².